The van der Waals surface area contributed by atoms with Crippen LogP contribution in [0.5, 0.6) is 5.75 Å². The molecule has 1 atom stereocenters. The smallest absolute Gasteiger partial charge is 0.131 e. The molecule has 0 saturated heterocycles. The van der Waals surface area contributed by atoms with Gasteiger partial charge in [-0.3, -0.25) is 4.68 Å². The summed E-state index contributed by atoms with van der Waals surface area (Å²) >= 11 is 6.17. The van der Waals surface area contributed by atoms with Crippen LogP contribution in [0, 0.1) is 6.92 Å². The van der Waals surface area contributed by atoms with Crippen molar-refractivity contribution in [3.05, 3.63) is 46.2 Å². The highest BCUT2D eigenvalue weighted by molar-refractivity contribution is 6.30. The van der Waals surface area contributed by atoms with E-state index in [1.54, 1.807) is 11.8 Å². The van der Waals surface area contributed by atoms with Gasteiger partial charge in [-0.15, -0.1) is 0 Å². The molecule has 1 aromatic heterocycles. The predicted octanol–water partition coefficient (Wildman–Crippen LogP) is 2.21. The number of nitrogens with zero attached hydrogens (tertiary/aromatic N) is 2. The summed E-state index contributed by atoms with van der Waals surface area (Å²) in [7, 11) is 3.40. The van der Waals surface area contributed by atoms with E-state index in [-0.39, 0.29) is 0 Å². The lowest BCUT2D eigenvalue weighted by Gasteiger charge is -2.15. The number of aliphatic hydroxyl groups excluding tert-OH is 1. The van der Waals surface area contributed by atoms with Gasteiger partial charge in [0, 0.05) is 31.3 Å². The number of benzene rings is 1. The number of aryl methyl sites for hydroxylation is 2. The molecular weight excluding hydrogens is 290 g/mol. The van der Waals surface area contributed by atoms with Crippen molar-refractivity contribution in [2.75, 3.05) is 13.7 Å². The quantitative estimate of drug-likeness (QED) is 0.859. The highest BCUT2D eigenvalue weighted by Gasteiger charge is 2.14. The third-order valence-electron chi connectivity index (χ3n) is 3.41. The molecule has 0 spiro atoms. The molecule has 0 aliphatic rings. The molecule has 2 rings (SSSR count). The van der Waals surface area contributed by atoms with E-state index in [0.29, 0.717) is 24.0 Å². The largest absolute Gasteiger partial charge is 0.496 e. The van der Waals surface area contributed by atoms with Gasteiger partial charge in [0.15, 0.2) is 0 Å². The summed E-state index contributed by atoms with van der Waals surface area (Å²) in [6.07, 6.45) is -0.642. The zero-order valence-electron chi connectivity index (χ0n) is 12.4. The summed E-state index contributed by atoms with van der Waals surface area (Å²) < 4.78 is 6.89. The highest BCUT2D eigenvalue weighted by atomic mass is 35.5. The van der Waals surface area contributed by atoms with Crippen molar-refractivity contribution in [3.63, 3.8) is 0 Å². The number of aliphatic hydroxyl groups is 1. The Morgan fingerprint density at radius 3 is 2.76 bits per heavy atom. The molecule has 5 nitrogen and oxygen atoms in total. The average Bonchev–Trinajstić information content (AvgIpc) is 2.73. The van der Waals surface area contributed by atoms with Gasteiger partial charge in [-0.25, -0.2) is 0 Å². The minimum atomic E-state index is -0.642. The topological polar surface area (TPSA) is 59.3 Å². The Balaban J connectivity index is 1.97. The molecule has 2 N–H and O–H groups in total. The van der Waals surface area contributed by atoms with Crippen LogP contribution in [0.2, 0.25) is 5.15 Å². The maximum atomic E-state index is 10.3. The summed E-state index contributed by atoms with van der Waals surface area (Å²) in [5.41, 5.74) is 2.61. The van der Waals surface area contributed by atoms with Crippen molar-refractivity contribution in [2.45, 2.75) is 19.6 Å². The van der Waals surface area contributed by atoms with Crippen molar-refractivity contribution in [1.29, 1.82) is 0 Å². The van der Waals surface area contributed by atoms with Crippen molar-refractivity contribution in [1.82, 2.24) is 15.1 Å². The Bertz CT molecular complexity index is 613. The zero-order chi connectivity index (χ0) is 15.4. The molecule has 21 heavy (non-hydrogen) atoms. The molecule has 0 amide bonds. The van der Waals surface area contributed by atoms with Gasteiger partial charge in [-0.05, 0) is 13.0 Å². The van der Waals surface area contributed by atoms with Crippen LogP contribution in [0.25, 0.3) is 0 Å². The van der Waals surface area contributed by atoms with Gasteiger partial charge >= 0.3 is 0 Å². The highest BCUT2D eigenvalue weighted by Crippen LogP contribution is 2.24. The number of rotatable bonds is 6. The van der Waals surface area contributed by atoms with Crippen LogP contribution in [0.15, 0.2) is 24.3 Å². The fourth-order valence-electron chi connectivity index (χ4n) is 2.26. The van der Waals surface area contributed by atoms with Crippen LogP contribution < -0.4 is 10.1 Å². The summed E-state index contributed by atoms with van der Waals surface area (Å²) in [6.45, 7) is 2.88. The maximum Gasteiger partial charge on any atom is 0.131 e. The number of aromatic nitrogens is 2. The predicted molar refractivity (Wildman–Crippen MR) is 82.6 cm³/mol. The van der Waals surface area contributed by atoms with Crippen molar-refractivity contribution in [2.24, 2.45) is 7.05 Å². The lowest BCUT2D eigenvalue weighted by atomic mass is 10.1. The molecule has 0 fully saturated rings. The van der Waals surface area contributed by atoms with E-state index in [9.17, 15) is 5.11 Å². The summed E-state index contributed by atoms with van der Waals surface area (Å²) in [4.78, 5) is 0. The number of hydrogen-bond donors (Lipinski definition) is 2. The number of nitrogens with one attached hydrogen (secondary N) is 1. The minimum absolute atomic E-state index is 0.408. The summed E-state index contributed by atoms with van der Waals surface area (Å²) in [6, 6.07) is 7.44. The van der Waals surface area contributed by atoms with Crippen LogP contribution >= 0.6 is 11.6 Å². The first-order chi connectivity index (χ1) is 10.0. The first kappa shape index (κ1) is 15.8. The molecule has 0 bridgehead atoms. The number of ether oxygens (including phenoxy) is 1. The number of halogens is 1. The Hall–Kier alpha value is -1.56. The van der Waals surface area contributed by atoms with Crippen LogP contribution in [0.4, 0.5) is 0 Å². The minimum Gasteiger partial charge on any atom is -0.496 e. The van der Waals surface area contributed by atoms with Gasteiger partial charge in [-0.2, -0.15) is 5.10 Å². The van der Waals surface area contributed by atoms with Gasteiger partial charge in [0.05, 0.1) is 18.9 Å². The molecule has 1 heterocycles. The first-order valence-corrected chi connectivity index (χ1v) is 7.12. The monoisotopic (exact) mass is 309 g/mol. The van der Waals surface area contributed by atoms with Gasteiger partial charge in [0.2, 0.25) is 0 Å². The van der Waals surface area contributed by atoms with Crippen molar-refractivity contribution in [3.8, 4) is 5.75 Å². The Morgan fingerprint density at radius 2 is 2.14 bits per heavy atom. The lowest BCUT2D eigenvalue weighted by molar-refractivity contribution is 0.170. The second-order valence-corrected chi connectivity index (χ2v) is 5.23. The fraction of sp³-hybridized carbons (Fsp3) is 0.400. The van der Waals surface area contributed by atoms with E-state index in [4.69, 9.17) is 16.3 Å². The molecule has 114 valence electrons. The van der Waals surface area contributed by atoms with Gasteiger partial charge in [-0.1, -0.05) is 29.8 Å². The number of methoxy groups -OCH3 is 1. The second kappa shape index (κ2) is 6.93. The Kier molecular flexibility index (Phi) is 5.22. The summed E-state index contributed by atoms with van der Waals surface area (Å²) in [5.74, 6) is 0.683. The van der Waals surface area contributed by atoms with E-state index in [1.807, 2.05) is 38.2 Å². The maximum absolute atomic E-state index is 10.3. The molecule has 0 radical (unpaired) electrons. The molecule has 1 aromatic carbocycles. The molecule has 6 heteroatoms. The SMILES string of the molecule is COc1ccccc1[C@H](O)CNCc1c(C)nn(C)c1Cl. The van der Waals surface area contributed by atoms with Crippen LogP contribution in [-0.2, 0) is 13.6 Å². The van der Waals surface area contributed by atoms with Gasteiger partial charge in [0.25, 0.3) is 0 Å². The van der Waals surface area contributed by atoms with E-state index in [1.165, 1.54) is 0 Å². The van der Waals surface area contributed by atoms with E-state index >= 15 is 0 Å². The van der Waals surface area contributed by atoms with Crippen LogP contribution in [-0.4, -0.2) is 28.5 Å². The first-order valence-electron chi connectivity index (χ1n) is 6.74. The Labute approximate surface area is 129 Å². The van der Waals surface area contributed by atoms with Crippen LogP contribution in [0.1, 0.15) is 22.9 Å². The third-order valence-corrected chi connectivity index (χ3v) is 3.88. The van der Waals surface area contributed by atoms with E-state index in [0.717, 1.165) is 16.8 Å². The Morgan fingerprint density at radius 1 is 1.43 bits per heavy atom. The van der Waals surface area contributed by atoms with Crippen molar-refractivity contribution < 1.29 is 9.84 Å². The molecule has 2 aromatic rings. The second-order valence-electron chi connectivity index (χ2n) is 4.87. The molecule has 0 aliphatic heterocycles. The standard InChI is InChI=1S/C15H20ClN3O2/c1-10-12(15(16)19(2)18-10)8-17-9-13(20)11-6-4-5-7-14(11)21-3/h4-7,13,17,20H,8-9H2,1-3H3/t13-/m1/s1. The molecule has 0 unspecified atom stereocenters. The normalized spacial score (nSPS) is 12.4. The summed E-state index contributed by atoms with van der Waals surface area (Å²) in [5, 5.41) is 18.3. The van der Waals surface area contributed by atoms with Gasteiger partial charge in [0.1, 0.15) is 10.9 Å². The fourth-order valence-corrected chi connectivity index (χ4v) is 2.50. The molecule has 0 aliphatic carbocycles. The van der Waals surface area contributed by atoms with Crippen molar-refractivity contribution >= 4 is 11.6 Å². The molecular formula is C15H20ClN3O2. The molecule has 0 saturated carbocycles. The van der Waals surface area contributed by atoms with E-state index < -0.39 is 6.10 Å². The zero-order valence-corrected chi connectivity index (χ0v) is 13.2. The number of para-hydroxylation sites is 1. The van der Waals surface area contributed by atoms with Crippen LogP contribution in [0.3, 0.4) is 0 Å². The average molecular weight is 310 g/mol. The van der Waals surface area contributed by atoms with Gasteiger partial charge < -0.3 is 15.2 Å². The third kappa shape index (κ3) is 3.56. The van der Waals surface area contributed by atoms with E-state index in [2.05, 4.69) is 10.4 Å². The number of hydrogen-bond acceptors (Lipinski definition) is 4. The lowest BCUT2D eigenvalue weighted by Crippen LogP contribution is -2.21.